The largest absolute Gasteiger partial charge is 0.399 e. The van der Waals surface area contributed by atoms with Crippen molar-refractivity contribution < 1.29 is 0 Å². The van der Waals surface area contributed by atoms with E-state index in [0.717, 1.165) is 12.2 Å². The van der Waals surface area contributed by atoms with Gasteiger partial charge in [0.1, 0.15) is 0 Å². The van der Waals surface area contributed by atoms with E-state index in [-0.39, 0.29) is 0 Å². The van der Waals surface area contributed by atoms with Crippen LogP contribution in [0.5, 0.6) is 0 Å². The van der Waals surface area contributed by atoms with Gasteiger partial charge in [-0.2, -0.15) is 0 Å². The Balaban J connectivity index is 1.78. The maximum Gasteiger partial charge on any atom is 0.0341 e. The normalized spacial score (nSPS) is 11.3. The standard InChI is InChI=1S/C24H42N2/c1-2-3-4-5-6-7-8-9-10-11-12-13-14-15-16-17-22-26-24-20-18-23(25)19-21-24/h9-10,18-21,26H,2-8,11-17,22,25H2,1H3. The average molecular weight is 359 g/mol. The van der Waals surface area contributed by atoms with Crippen LogP contribution in [-0.4, -0.2) is 6.54 Å². The lowest BCUT2D eigenvalue weighted by atomic mass is 10.1. The van der Waals surface area contributed by atoms with E-state index in [1.54, 1.807) is 0 Å². The molecule has 1 aromatic rings. The molecule has 1 rings (SSSR count). The zero-order valence-electron chi connectivity index (χ0n) is 17.1. The molecular formula is C24H42N2. The molecule has 0 aliphatic heterocycles. The Labute approximate surface area is 162 Å². The predicted molar refractivity (Wildman–Crippen MR) is 119 cm³/mol. The highest BCUT2D eigenvalue weighted by atomic mass is 14.9. The molecule has 0 amide bonds. The van der Waals surface area contributed by atoms with E-state index in [2.05, 4.69) is 36.5 Å². The number of hydrogen-bond donors (Lipinski definition) is 2. The number of benzene rings is 1. The van der Waals surface area contributed by atoms with Crippen LogP contribution in [0.25, 0.3) is 0 Å². The SMILES string of the molecule is CCCCCCCCC=CCCCCCCCCNc1ccc(N)cc1. The first-order valence-corrected chi connectivity index (χ1v) is 11.1. The monoisotopic (exact) mass is 358 g/mol. The highest BCUT2D eigenvalue weighted by Gasteiger charge is 1.93. The van der Waals surface area contributed by atoms with E-state index in [1.807, 2.05) is 12.1 Å². The first-order chi connectivity index (χ1) is 12.8. The van der Waals surface area contributed by atoms with Crippen LogP contribution in [0.4, 0.5) is 11.4 Å². The van der Waals surface area contributed by atoms with Gasteiger partial charge in [0.2, 0.25) is 0 Å². The van der Waals surface area contributed by atoms with Crippen molar-refractivity contribution in [2.75, 3.05) is 17.6 Å². The molecule has 0 spiro atoms. The average Bonchev–Trinajstić information content (AvgIpc) is 2.66. The van der Waals surface area contributed by atoms with Crippen molar-refractivity contribution in [3.05, 3.63) is 36.4 Å². The van der Waals surface area contributed by atoms with Crippen LogP contribution in [0.2, 0.25) is 0 Å². The lowest BCUT2D eigenvalue weighted by molar-refractivity contribution is 0.602. The third-order valence-electron chi connectivity index (χ3n) is 4.93. The summed E-state index contributed by atoms with van der Waals surface area (Å²) < 4.78 is 0. The fourth-order valence-electron chi connectivity index (χ4n) is 3.21. The number of anilines is 2. The van der Waals surface area contributed by atoms with Crippen LogP contribution in [0.3, 0.4) is 0 Å². The fourth-order valence-corrected chi connectivity index (χ4v) is 3.21. The minimum atomic E-state index is 0.827. The van der Waals surface area contributed by atoms with E-state index in [0.29, 0.717) is 0 Å². The molecule has 0 aromatic heterocycles. The number of allylic oxidation sites excluding steroid dienone is 2. The number of nitrogens with two attached hydrogens (primary N) is 1. The smallest absolute Gasteiger partial charge is 0.0341 e. The van der Waals surface area contributed by atoms with Gasteiger partial charge in [-0.05, 0) is 56.4 Å². The van der Waals surface area contributed by atoms with Crippen LogP contribution < -0.4 is 11.1 Å². The van der Waals surface area contributed by atoms with Gasteiger partial charge in [0.15, 0.2) is 0 Å². The molecule has 0 bridgehead atoms. The molecule has 0 atom stereocenters. The summed E-state index contributed by atoms with van der Waals surface area (Å²) in [5, 5.41) is 3.46. The summed E-state index contributed by atoms with van der Waals surface area (Å²) in [5.74, 6) is 0. The van der Waals surface area contributed by atoms with Gasteiger partial charge < -0.3 is 11.1 Å². The second kappa shape index (κ2) is 17.0. The molecule has 0 fully saturated rings. The topological polar surface area (TPSA) is 38.0 Å². The Morgan fingerprint density at radius 1 is 0.692 bits per heavy atom. The first-order valence-electron chi connectivity index (χ1n) is 11.1. The third-order valence-corrected chi connectivity index (χ3v) is 4.93. The lowest BCUT2D eigenvalue weighted by Gasteiger charge is -2.06. The maximum atomic E-state index is 5.69. The fraction of sp³-hybridized carbons (Fsp3) is 0.667. The van der Waals surface area contributed by atoms with Gasteiger partial charge in [0.25, 0.3) is 0 Å². The highest BCUT2D eigenvalue weighted by Crippen LogP contribution is 2.12. The van der Waals surface area contributed by atoms with Gasteiger partial charge in [0, 0.05) is 17.9 Å². The Bertz CT molecular complexity index is 436. The predicted octanol–water partition coefficient (Wildman–Crippen LogP) is 7.72. The van der Waals surface area contributed by atoms with Crippen molar-refractivity contribution in [1.82, 2.24) is 0 Å². The number of hydrogen-bond acceptors (Lipinski definition) is 2. The van der Waals surface area contributed by atoms with Crippen molar-refractivity contribution in [2.45, 2.75) is 96.8 Å². The summed E-state index contributed by atoms with van der Waals surface area (Å²) in [5.41, 5.74) is 7.69. The second-order valence-corrected chi connectivity index (χ2v) is 7.49. The molecule has 0 radical (unpaired) electrons. The summed E-state index contributed by atoms with van der Waals surface area (Å²) >= 11 is 0. The maximum absolute atomic E-state index is 5.69. The minimum absolute atomic E-state index is 0.827. The van der Waals surface area contributed by atoms with Gasteiger partial charge >= 0.3 is 0 Å². The molecule has 148 valence electrons. The van der Waals surface area contributed by atoms with Crippen molar-refractivity contribution in [3.63, 3.8) is 0 Å². The van der Waals surface area contributed by atoms with Gasteiger partial charge in [-0.15, -0.1) is 0 Å². The Kier molecular flexibility index (Phi) is 14.8. The van der Waals surface area contributed by atoms with E-state index in [1.165, 1.54) is 95.6 Å². The molecular weight excluding hydrogens is 316 g/mol. The molecule has 0 unspecified atom stereocenters. The number of nitrogens with one attached hydrogen (secondary N) is 1. The Hall–Kier alpha value is -1.44. The zero-order valence-corrected chi connectivity index (χ0v) is 17.1. The molecule has 1 aromatic carbocycles. The summed E-state index contributed by atoms with van der Waals surface area (Å²) in [6, 6.07) is 8.00. The first kappa shape index (κ1) is 22.6. The van der Waals surface area contributed by atoms with Crippen molar-refractivity contribution in [1.29, 1.82) is 0 Å². The van der Waals surface area contributed by atoms with Gasteiger partial charge in [0.05, 0.1) is 0 Å². The summed E-state index contributed by atoms with van der Waals surface area (Å²) in [6.45, 7) is 3.34. The number of rotatable bonds is 17. The zero-order chi connectivity index (χ0) is 18.7. The van der Waals surface area contributed by atoms with Gasteiger partial charge in [-0.1, -0.05) is 76.9 Å². The van der Waals surface area contributed by atoms with E-state index in [9.17, 15) is 0 Å². The molecule has 0 heterocycles. The van der Waals surface area contributed by atoms with Crippen molar-refractivity contribution >= 4 is 11.4 Å². The second-order valence-electron chi connectivity index (χ2n) is 7.49. The van der Waals surface area contributed by atoms with Gasteiger partial charge in [-0.3, -0.25) is 0 Å². The molecule has 26 heavy (non-hydrogen) atoms. The quantitative estimate of drug-likeness (QED) is 0.170. The van der Waals surface area contributed by atoms with Crippen molar-refractivity contribution in [2.24, 2.45) is 0 Å². The van der Waals surface area contributed by atoms with Gasteiger partial charge in [-0.25, -0.2) is 0 Å². The van der Waals surface area contributed by atoms with Crippen LogP contribution >= 0.6 is 0 Å². The molecule has 2 heteroatoms. The van der Waals surface area contributed by atoms with Crippen LogP contribution in [0.1, 0.15) is 96.8 Å². The van der Waals surface area contributed by atoms with Crippen molar-refractivity contribution in [3.8, 4) is 0 Å². The van der Waals surface area contributed by atoms with Crippen LogP contribution in [-0.2, 0) is 0 Å². The molecule has 2 nitrogen and oxygen atoms in total. The lowest BCUT2D eigenvalue weighted by Crippen LogP contribution is -2.01. The third kappa shape index (κ3) is 13.8. The number of nitrogen functional groups attached to an aromatic ring is 1. The molecule has 3 N–H and O–H groups in total. The minimum Gasteiger partial charge on any atom is -0.399 e. The molecule has 0 saturated carbocycles. The molecule has 0 saturated heterocycles. The summed E-state index contributed by atoms with van der Waals surface area (Å²) in [4.78, 5) is 0. The Morgan fingerprint density at radius 2 is 1.19 bits per heavy atom. The molecule has 0 aliphatic rings. The van der Waals surface area contributed by atoms with Crippen LogP contribution in [0, 0.1) is 0 Å². The van der Waals surface area contributed by atoms with E-state index in [4.69, 9.17) is 5.73 Å². The summed E-state index contributed by atoms with van der Waals surface area (Å²) in [7, 11) is 0. The number of unbranched alkanes of at least 4 members (excludes halogenated alkanes) is 12. The molecule has 0 aliphatic carbocycles. The van der Waals surface area contributed by atoms with Crippen LogP contribution in [0.15, 0.2) is 36.4 Å². The van der Waals surface area contributed by atoms with E-state index >= 15 is 0 Å². The Morgan fingerprint density at radius 3 is 1.77 bits per heavy atom. The highest BCUT2D eigenvalue weighted by molar-refractivity contribution is 5.51. The summed E-state index contributed by atoms with van der Waals surface area (Å²) in [6.07, 6.45) is 23.8. The van der Waals surface area contributed by atoms with E-state index < -0.39 is 0 Å².